The van der Waals surface area contributed by atoms with Crippen LogP contribution in [0, 0.1) is 0 Å². The molecule has 2 aromatic rings. The summed E-state index contributed by atoms with van der Waals surface area (Å²) in [5.74, 6) is 0. The van der Waals surface area contributed by atoms with Gasteiger partial charge in [-0.3, -0.25) is 0 Å². The third-order valence-electron chi connectivity index (χ3n) is 3.78. The molecule has 0 amide bonds. The van der Waals surface area contributed by atoms with E-state index in [0.717, 1.165) is 22.1 Å². The summed E-state index contributed by atoms with van der Waals surface area (Å²) < 4.78 is 2.07. The summed E-state index contributed by atoms with van der Waals surface area (Å²) in [7, 11) is 11.2. The van der Waals surface area contributed by atoms with Gasteiger partial charge in [0.05, 0.1) is 41.8 Å². The second kappa shape index (κ2) is 9.61. The summed E-state index contributed by atoms with van der Waals surface area (Å²) in [4.78, 5) is 0. The zero-order chi connectivity index (χ0) is 18.1. The number of nitrogens with zero attached hydrogens (tertiary/aromatic N) is 2. The van der Waals surface area contributed by atoms with E-state index in [1.54, 1.807) is 0 Å². The Morgan fingerprint density at radius 3 is 1.42 bits per heavy atom. The lowest BCUT2D eigenvalue weighted by Gasteiger charge is -2.29. The Balaban J connectivity index is 0.000000243. The minimum atomic E-state index is 0.990. The molecule has 0 bridgehead atoms. The quantitative estimate of drug-likeness (QED) is 0.682. The van der Waals surface area contributed by atoms with E-state index in [1.165, 1.54) is 24.1 Å². The van der Waals surface area contributed by atoms with Crippen LogP contribution in [0.4, 0.5) is 0 Å². The molecule has 2 heteroatoms. The highest BCUT2D eigenvalue weighted by atomic mass is 15.3. The molecular formula is C22H36N2+2. The van der Waals surface area contributed by atoms with Gasteiger partial charge in [0.15, 0.2) is 0 Å². The molecule has 0 atom stereocenters. The Labute approximate surface area is 149 Å². The van der Waals surface area contributed by atoms with E-state index in [4.69, 9.17) is 0 Å². The predicted molar refractivity (Wildman–Crippen MR) is 106 cm³/mol. The summed E-state index contributed by atoms with van der Waals surface area (Å²) in [5, 5.41) is 0. The normalized spacial score (nSPS) is 11.6. The summed E-state index contributed by atoms with van der Waals surface area (Å²) in [6, 6.07) is 21.3. The van der Waals surface area contributed by atoms with Crippen LogP contribution in [0.1, 0.15) is 24.5 Å². The largest absolute Gasteiger partial charge is 0.327 e. The summed E-state index contributed by atoms with van der Waals surface area (Å²) in [5.41, 5.74) is 2.83. The van der Waals surface area contributed by atoms with Crippen LogP contribution in [0.25, 0.3) is 0 Å². The third-order valence-corrected chi connectivity index (χ3v) is 3.78. The SMILES string of the molecule is CCC[N+](C)(C)Cc1ccccc1.C[N+](C)(C)Cc1ccccc1. The fraction of sp³-hybridized carbons (Fsp3) is 0.455. The van der Waals surface area contributed by atoms with Gasteiger partial charge in [0, 0.05) is 11.1 Å². The van der Waals surface area contributed by atoms with Crippen LogP contribution in [0.3, 0.4) is 0 Å². The molecule has 132 valence electrons. The Hall–Kier alpha value is -1.64. The summed E-state index contributed by atoms with van der Waals surface area (Å²) in [6.07, 6.45) is 1.25. The van der Waals surface area contributed by atoms with E-state index < -0.39 is 0 Å². The maximum atomic E-state index is 2.29. The molecule has 2 aromatic carbocycles. The minimum absolute atomic E-state index is 0.990. The molecule has 0 aliphatic carbocycles. The van der Waals surface area contributed by atoms with Gasteiger partial charge in [-0.15, -0.1) is 0 Å². The summed E-state index contributed by atoms with van der Waals surface area (Å²) in [6.45, 7) is 5.72. The average Bonchev–Trinajstić information content (AvgIpc) is 2.47. The van der Waals surface area contributed by atoms with Gasteiger partial charge in [0.2, 0.25) is 0 Å². The lowest BCUT2D eigenvalue weighted by atomic mass is 10.2. The van der Waals surface area contributed by atoms with Gasteiger partial charge in [-0.2, -0.15) is 0 Å². The Morgan fingerprint density at radius 2 is 1.04 bits per heavy atom. The van der Waals surface area contributed by atoms with Gasteiger partial charge in [-0.1, -0.05) is 67.6 Å². The molecule has 0 unspecified atom stereocenters. The van der Waals surface area contributed by atoms with Crippen LogP contribution in [-0.4, -0.2) is 50.7 Å². The number of quaternary nitrogens is 2. The summed E-state index contributed by atoms with van der Waals surface area (Å²) >= 11 is 0. The molecule has 2 rings (SSSR count). The van der Waals surface area contributed by atoms with Crippen molar-refractivity contribution in [2.75, 3.05) is 41.8 Å². The molecule has 0 N–H and O–H groups in total. The lowest BCUT2D eigenvalue weighted by Crippen LogP contribution is -2.39. The smallest absolute Gasteiger partial charge is 0.104 e. The molecule has 2 nitrogen and oxygen atoms in total. The third kappa shape index (κ3) is 9.49. The average molecular weight is 329 g/mol. The molecule has 0 saturated heterocycles. The van der Waals surface area contributed by atoms with Gasteiger partial charge in [-0.05, 0) is 6.42 Å². The highest BCUT2D eigenvalue weighted by Gasteiger charge is 2.13. The van der Waals surface area contributed by atoms with E-state index in [0.29, 0.717) is 0 Å². The van der Waals surface area contributed by atoms with Crippen molar-refractivity contribution in [2.45, 2.75) is 26.4 Å². The van der Waals surface area contributed by atoms with Crippen LogP contribution in [0.2, 0.25) is 0 Å². The topological polar surface area (TPSA) is 0 Å². The standard InChI is InChI=1S/C12H20N.C10H16N/c1-4-10-13(2,3)11-12-8-6-5-7-9-12;1-11(2,3)9-10-7-5-4-6-8-10/h5-9H,4,10-11H2,1-3H3;4-8H,9H2,1-3H3/q2*+1. The molecule has 0 aliphatic heterocycles. The number of benzene rings is 2. The Kier molecular flexibility index (Phi) is 8.17. The first-order valence-corrected chi connectivity index (χ1v) is 8.92. The van der Waals surface area contributed by atoms with Crippen LogP contribution >= 0.6 is 0 Å². The van der Waals surface area contributed by atoms with Crippen molar-refractivity contribution in [3.63, 3.8) is 0 Å². The van der Waals surface area contributed by atoms with Crippen LogP contribution in [-0.2, 0) is 13.1 Å². The molecule has 0 saturated carbocycles. The van der Waals surface area contributed by atoms with Crippen molar-refractivity contribution in [1.82, 2.24) is 0 Å². The zero-order valence-electron chi connectivity index (χ0n) is 16.5. The molecular weight excluding hydrogens is 292 g/mol. The maximum Gasteiger partial charge on any atom is 0.104 e. The van der Waals surface area contributed by atoms with E-state index >= 15 is 0 Å². The second-order valence-electron chi connectivity index (χ2n) is 8.24. The van der Waals surface area contributed by atoms with Crippen LogP contribution < -0.4 is 0 Å². The number of hydrogen-bond donors (Lipinski definition) is 0. The van der Waals surface area contributed by atoms with E-state index in [2.05, 4.69) is 103 Å². The minimum Gasteiger partial charge on any atom is -0.327 e. The van der Waals surface area contributed by atoms with Crippen molar-refractivity contribution >= 4 is 0 Å². The van der Waals surface area contributed by atoms with Crippen LogP contribution in [0.15, 0.2) is 60.7 Å². The van der Waals surface area contributed by atoms with Crippen molar-refractivity contribution in [1.29, 1.82) is 0 Å². The predicted octanol–water partition coefficient (Wildman–Crippen LogP) is 4.57. The Morgan fingerprint density at radius 1 is 0.625 bits per heavy atom. The first-order chi connectivity index (χ1) is 11.2. The number of rotatable bonds is 6. The van der Waals surface area contributed by atoms with Crippen molar-refractivity contribution in [2.24, 2.45) is 0 Å². The molecule has 0 spiro atoms. The van der Waals surface area contributed by atoms with Crippen molar-refractivity contribution < 1.29 is 8.97 Å². The van der Waals surface area contributed by atoms with E-state index in [9.17, 15) is 0 Å². The fourth-order valence-corrected chi connectivity index (χ4v) is 2.89. The van der Waals surface area contributed by atoms with E-state index in [1.807, 2.05) is 0 Å². The molecule has 0 aliphatic rings. The van der Waals surface area contributed by atoms with Crippen molar-refractivity contribution in [3.05, 3.63) is 71.8 Å². The lowest BCUT2D eigenvalue weighted by molar-refractivity contribution is -0.903. The highest BCUT2D eigenvalue weighted by molar-refractivity contribution is 5.14. The Bertz CT molecular complexity index is 554. The van der Waals surface area contributed by atoms with Gasteiger partial charge < -0.3 is 8.97 Å². The first kappa shape index (κ1) is 20.4. The van der Waals surface area contributed by atoms with Crippen molar-refractivity contribution in [3.8, 4) is 0 Å². The van der Waals surface area contributed by atoms with Gasteiger partial charge in [-0.25, -0.2) is 0 Å². The van der Waals surface area contributed by atoms with Gasteiger partial charge in [0.1, 0.15) is 13.1 Å². The first-order valence-electron chi connectivity index (χ1n) is 8.92. The monoisotopic (exact) mass is 328 g/mol. The molecule has 0 aromatic heterocycles. The second-order valence-corrected chi connectivity index (χ2v) is 8.24. The highest BCUT2D eigenvalue weighted by Crippen LogP contribution is 2.09. The molecule has 24 heavy (non-hydrogen) atoms. The van der Waals surface area contributed by atoms with Gasteiger partial charge >= 0.3 is 0 Å². The van der Waals surface area contributed by atoms with Crippen LogP contribution in [0.5, 0.6) is 0 Å². The molecule has 0 fully saturated rings. The zero-order valence-corrected chi connectivity index (χ0v) is 16.5. The fourth-order valence-electron chi connectivity index (χ4n) is 2.89. The van der Waals surface area contributed by atoms with E-state index in [-0.39, 0.29) is 0 Å². The molecule has 0 radical (unpaired) electrons. The number of hydrogen-bond acceptors (Lipinski definition) is 0. The molecule has 0 heterocycles. The maximum absolute atomic E-state index is 2.29. The van der Waals surface area contributed by atoms with Gasteiger partial charge in [0.25, 0.3) is 0 Å².